The summed E-state index contributed by atoms with van der Waals surface area (Å²) >= 11 is 2.00. The molecule has 0 bridgehead atoms. The highest BCUT2D eigenvalue weighted by Crippen LogP contribution is 2.36. The summed E-state index contributed by atoms with van der Waals surface area (Å²) in [7, 11) is 1.69. The molecule has 1 aliphatic heterocycles. The summed E-state index contributed by atoms with van der Waals surface area (Å²) in [5, 5.41) is 0.581. The van der Waals surface area contributed by atoms with Gasteiger partial charge in [0.15, 0.2) is 0 Å². The van der Waals surface area contributed by atoms with Gasteiger partial charge < -0.3 is 4.74 Å². The molecule has 0 radical (unpaired) electrons. The molecule has 1 fully saturated rings. The Morgan fingerprint density at radius 2 is 2.44 bits per heavy atom. The number of rotatable bonds is 4. The number of hydrogen-bond donors (Lipinski definition) is 2. The fraction of sp³-hybridized carbons (Fsp3) is 0.500. The first-order chi connectivity index (χ1) is 7.85. The van der Waals surface area contributed by atoms with Crippen molar-refractivity contribution in [3.63, 3.8) is 0 Å². The van der Waals surface area contributed by atoms with Crippen molar-refractivity contribution in [2.24, 2.45) is 5.84 Å². The van der Waals surface area contributed by atoms with E-state index in [4.69, 9.17) is 10.6 Å². The van der Waals surface area contributed by atoms with Gasteiger partial charge in [0.2, 0.25) is 0 Å². The van der Waals surface area contributed by atoms with Crippen molar-refractivity contribution < 1.29 is 4.74 Å². The lowest BCUT2D eigenvalue weighted by molar-refractivity contribution is 0.412. The van der Waals surface area contributed by atoms with Gasteiger partial charge in [-0.2, -0.15) is 11.8 Å². The lowest BCUT2D eigenvalue weighted by atomic mass is 10.0. The number of hydrogen-bond acceptors (Lipinski definition) is 4. The minimum Gasteiger partial charge on any atom is -0.497 e. The number of nitrogens with one attached hydrogen (secondary N) is 1. The standard InChI is InChI=1S/C12H18N2OS/c1-15-10-5-2-4-9(8-10)12(14-13)11-6-3-7-16-11/h2,4-5,8,11-12,14H,3,6-7,13H2,1H3. The van der Waals surface area contributed by atoms with Crippen LogP contribution in [0.5, 0.6) is 5.75 Å². The minimum absolute atomic E-state index is 0.225. The van der Waals surface area contributed by atoms with Crippen molar-refractivity contribution in [2.45, 2.75) is 24.1 Å². The van der Waals surface area contributed by atoms with E-state index in [-0.39, 0.29) is 6.04 Å². The number of nitrogens with two attached hydrogens (primary N) is 1. The molecule has 0 spiro atoms. The van der Waals surface area contributed by atoms with Crippen LogP contribution in [0.25, 0.3) is 0 Å². The number of benzene rings is 1. The maximum absolute atomic E-state index is 5.67. The highest BCUT2D eigenvalue weighted by Gasteiger charge is 2.26. The molecule has 3 N–H and O–H groups in total. The molecule has 1 aromatic rings. The normalized spacial score (nSPS) is 22.0. The average molecular weight is 238 g/mol. The van der Waals surface area contributed by atoms with Crippen LogP contribution in [0.2, 0.25) is 0 Å². The Morgan fingerprint density at radius 1 is 1.56 bits per heavy atom. The van der Waals surface area contributed by atoms with Gasteiger partial charge in [-0.05, 0) is 36.3 Å². The fourth-order valence-electron chi connectivity index (χ4n) is 2.12. The molecular formula is C12H18N2OS. The van der Waals surface area contributed by atoms with E-state index in [1.54, 1.807) is 7.11 Å². The molecule has 88 valence electrons. The second-order valence-corrected chi connectivity index (χ2v) is 5.32. The first-order valence-electron chi connectivity index (χ1n) is 5.57. The van der Waals surface area contributed by atoms with Crippen molar-refractivity contribution >= 4 is 11.8 Å². The average Bonchev–Trinajstić information content (AvgIpc) is 2.84. The zero-order valence-electron chi connectivity index (χ0n) is 9.48. The van der Waals surface area contributed by atoms with Gasteiger partial charge in [0.25, 0.3) is 0 Å². The molecule has 0 aromatic heterocycles. The van der Waals surface area contributed by atoms with Crippen LogP contribution in [0.4, 0.5) is 0 Å². The molecule has 3 nitrogen and oxygen atoms in total. The maximum atomic E-state index is 5.67. The second-order valence-electron chi connectivity index (χ2n) is 3.97. The van der Waals surface area contributed by atoms with E-state index in [0.717, 1.165) is 5.75 Å². The van der Waals surface area contributed by atoms with Gasteiger partial charge in [0.1, 0.15) is 5.75 Å². The molecule has 2 unspecified atom stereocenters. The van der Waals surface area contributed by atoms with Crippen molar-refractivity contribution in [1.29, 1.82) is 0 Å². The third-order valence-corrected chi connectivity index (χ3v) is 4.43. The Bertz CT molecular complexity index is 340. The Labute approximate surface area is 101 Å². The van der Waals surface area contributed by atoms with Crippen LogP contribution in [0, 0.1) is 0 Å². The maximum Gasteiger partial charge on any atom is 0.119 e. The predicted octanol–water partition coefficient (Wildman–Crippen LogP) is 2.10. The number of ether oxygens (including phenoxy) is 1. The predicted molar refractivity (Wildman–Crippen MR) is 68.5 cm³/mol. The van der Waals surface area contributed by atoms with Crippen LogP contribution in [-0.4, -0.2) is 18.1 Å². The van der Waals surface area contributed by atoms with Gasteiger partial charge in [-0.3, -0.25) is 11.3 Å². The van der Waals surface area contributed by atoms with Gasteiger partial charge in [-0.15, -0.1) is 0 Å². The van der Waals surface area contributed by atoms with E-state index >= 15 is 0 Å². The molecule has 4 heteroatoms. The molecule has 2 atom stereocenters. The van der Waals surface area contributed by atoms with Gasteiger partial charge in [0.05, 0.1) is 13.2 Å². The van der Waals surface area contributed by atoms with Crippen LogP contribution in [-0.2, 0) is 0 Å². The van der Waals surface area contributed by atoms with Crippen LogP contribution in [0.3, 0.4) is 0 Å². The zero-order valence-corrected chi connectivity index (χ0v) is 10.3. The molecule has 1 aliphatic rings. The Morgan fingerprint density at radius 3 is 3.06 bits per heavy atom. The number of hydrazine groups is 1. The lowest BCUT2D eigenvalue weighted by Crippen LogP contribution is -2.34. The summed E-state index contributed by atoms with van der Waals surface area (Å²) in [6.45, 7) is 0. The Balaban J connectivity index is 2.18. The van der Waals surface area contributed by atoms with Gasteiger partial charge in [-0.1, -0.05) is 12.1 Å². The molecule has 1 aromatic carbocycles. The quantitative estimate of drug-likeness (QED) is 0.623. The van der Waals surface area contributed by atoms with Gasteiger partial charge >= 0.3 is 0 Å². The van der Waals surface area contributed by atoms with E-state index in [2.05, 4.69) is 17.6 Å². The first-order valence-corrected chi connectivity index (χ1v) is 6.61. The molecule has 0 aliphatic carbocycles. The summed E-state index contributed by atoms with van der Waals surface area (Å²) in [6, 6.07) is 8.36. The van der Waals surface area contributed by atoms with E-state index in [0.29, 0.717) is 5.25 Å². The monoisotopic (exact) mass is 238 g/mol. The second kappa shape index (κ2) is 5.57. The van der Waals surface area contributed by atoms with E-state index in [1.165, 1.54) is 24.2 Å². The summed E-state index contributed by atoms with van der Waals surface area (Å²) in [6.07, 6.45) is 2.52. The lowest BCUT2D eigenvalue weighted by Gasteiger charge is -2.22. The van der Waals surface area contributed by atoms with Gasteiger partial charge in [-0.25, -0.2) is 0 Å². The van der Waals surface area contributed by atoms with E-state index in [9.17, 15) is 0 Å². The Hall–Kier alpha value is -0.710. The zero-order chi connectivity index (χ0) is 11.4. The van der Waals surface area contributed by atoms with Crippen molar-refractivity contribution in [2.75, 3.05) is 12.9 Å². The minimum atomic E-state index is 0.225. The van der Waals surface area contributed by atoms with Gasteiger partial charge in [0, 0.05) is 5.25 Å². The summed E-state index contributed by atoms with van der Waals surface area (Å²) in [5.74, 6) is 7.80. The largest absolute Gasteiger partial charge is 0.497 e. The topological polar surface area (TPSA) is 47.3 Å². The molecule has 0 amide bonds. The van der Waals surface area contributed by atoms with E-state index in [1.807, 2.05) is 23.9 Å². The van der Waals surface area contributed by atoms with Crippen molar-refractivity contribution in [3.8, 4) is 5.75 Å². The van der Waals surface area contributed by atoms with Crippen LogP contribution in [0.1, 0.15) is 24.4 Å². The molecular weight excluding hydrogens is 220 g/mol. The van der Waals surface area contributed by atoms with E-state index < -0.39 is 0 Å². The summed E-state index contributed by atoms with van der Waals surface area (Å²) in [4.78, 5) is 0. The van der Waals surface area contributed by atoms with Crippen LogP contribution >= 0.6 is 11.8 Å². The Kier molecular flexibility index (Phi) is 4.09. The summed E-state index contributed by atoms with van der Waals surface area (Å²) < 4.78 is 5.24. The molecule has 0 saturated carbocycles. The first kappa shape index (κ1) is 11.8. The number of thioether (sulfide) groups is 1. The molecule has 1 heterocycles. The summed E-state index contributed by atoms with van der Waals surface area (Å²) in [5.41, 5.74) is 4.14. The highest BCUT2D eigenvalue weighted by molar-refractivity contribution is 8.00. The van der Waals surface area contributed by atoms with Crippen LogP contribution < -0.4 is 16.0 Å². The SMILES string of the molecule is COc1cccc(C(NN)C2CCCS2)c1. The third-order valence-electron chi connectivity index (χ3n) is 2.97. The molecule has 1 saturated heterocycles. The molecule has 16 heavy (non-hydrogen) atoms. The molecule has 2 rings (SSSR count). The highest BCUT2D eigenvalue weighted by atomic mass is 32.2. The van der Waals surface area contributed by atoms with Crippen LogP contribution in [0.15, 0.2) is 24.3 Å². The fourth-order valence-corrected chi connectivity index (χ4v) is 3.52. The third kappa shape index (κ3) is 2.51. The van der Waals surface area contributed by atoms with Crippen molar-refractivity contribution in [1.82, 2.24) is 5.43 Å². The number of methoxy groups -OCH3 is 1. The smallest absolute Gasteiger partial charge is 0.119 e. The van der Waals surface area contributed by atoms with Crippen molar-refractivity contribution in [3.05, 3.63) is 29.8 Å².